The molecule has 0 bridgehead atoms. The van der Waals surface area contributed by atoms with Crippen molar-refractivity contribution in [3.63, 3.8) is 0 Å². The van der Waals surface area contributed by atoms with E-state index in [1.54, 1.807) is 12.3 Å². The Labute approximate surface area is 130 Å². The van der Waals surface area contributed by atoms with Gasteiger partial charge < -0.3 is 15.1 Å². The third-order valence-electron chi connectivity index (χ3n) is 3.84. The Morgan fingerprint density at radius 3 is 2.64 bits per heavy atom. The van der Waals surface area contributed by atoms with E-state index in [0.29, 0.717) is 13.1 Å². The smallest absolute Gasteiger partial charge is 0.268 e. The number of aromatic nitrogens is 2. The molecule has 0 atom stereocenters. The summed E-state index contributed by atoms with van der Waals surface area (Å²) in [5, 5.41) is 7.22. The maximum absolute atomic E-state index is 11.8. The first-order chi connectivity index (χ1) is 10.5. The number of aryl methyl sites for hydroxylation is 1. The number of likely N-dealkylation sites (N-methyl/N-ethyl adjacent to an activating group) is 1. The summed E-state index contributed by atoms with van der Waals surface area (Å²) in [6.45, 7) is 4.54. The van der Waals surface area contributed by atoms with Crippen molar-refractivity contribution >= 4 is 11.6 Å². The zero-order valence-corrected chi connectivity index (χ0v) is 13.6. The van der Waals surface area contributed by atoms with Gasteiger partial charge in [-0.1, -0.05) is 0 Å². The Hall–Kier alpha value is -1.89. The van der Waals surface area contributed by atoms with E-state index in [1.165, 1.54) is 4.68 Å². The molecule has 1 aromatic rings. The third kappa shape index (κ3) is 4.30. The first kappa shape index (κ1) is 16.5. The van der Waals surface area contributed by atoms with E-state index in [1.807, 2.05) is 25.9 Å². The molecule has 0 saturated carbocycles. The summed E-state index contributed by atoms with van der Waals surface area (Å²) in [5.74, 6) is 0.0654. The molecule has 2 rings (SSSR count). The van der Waals surface area contributed by atoms with Gasteiger partial charge in [0.25, 0.3) is 5.56 Å². The molecule has 0 spiro atoms. The van der Waals surface area contributed by atoms with Gasteiger partial charge in [0.15, 0.2) is 0 Å². The number of amides is 1. The fraction of sp³-hybridized carbons (Fsp3) is 0.667. The minimum absolute atomic E-state index is 0.0654. The molecule has 122 valence electrons. The Morgan fingerprint density at radius 2 is 2.09 bits per heavy atom. The van der Waals surface area contributed by atoms with E-state index in [0.717, 1.165) is 31.6 Å². The molecule has 0 aliphatic carbocycles. The lowest BCUT2D eigenvalue weighted by Crippen LogP contribution is -2.47. The molecule has 1 aliphatic rings. The van der Waals surface area contributed by atoms with E-state index in [9.17, 15) is 9.59 Å². The fourth-order valence-electron chi connectivity index (χ4n) is 2.68. The highest BCUT2D eigenvalue weighted by atomic mass is 16.2. The molecule has 1 aromatic heterocycles. The average Bonchev–Trinajstić information content (AvgIpc) is 2.47. The van der Waals surface area contributed by atoms with Crippen molar-refractivity contribution in [2.24, 2.45) is 0 Å². The van der Waals surface area contributed by atoms with Crippen molar-refractivity contribution < 1.29 is 4.79 Å². The van der Waals surface area contributed by atoms with Crippen LogP contribution in [0.15, 0.2) is 17.1 Å². The van der Waals surface area contributed by atoms with Crippen LogP contribution in [-0.4, -0.2) is 60.4 Å². The number of piperidine rings is 1. The number of carbonyl (C=O) groups is 1. The number of carbonyl (C=O) groups excluding carboxylic acids is 1. The predicted octanol–water partition coefficient (Wildman–Crippen LogP) is -0.0902. The number of rotatable bonds is 5. The first-order valence-electron chi connectivity index (χ1n) is 7.75. The van der Waals surface area contributed by atoms with Crippen LogP contribution in [0.25, 0.3) is 0 Å². The number of nitrogens with zero attached hydrogens (tertiary/aromatic N) is 4. The molecule has 7 heteroatoms. The summed E-state index contributed by atoms with van der Waals surface area (Å²) in [4.78, 5) is 27.6. The Morgan fingerprint density at radius 1 is 1.41 bits per heavy atom. The number of hydrogen-bond acceptors (Lipinski definition) is 5. The largest absolute Gasteiger partial charge is 0.370 e. The van der Waals surface area contributed by atoms with Crippen LogP contribution >= 0.6 is 0 Å². The van der Waals surface area contributed by atoms with Gasteiger partial charge in [0.1, 0.15) is 0 Å². The van der Waals surface area contributed by atoms with Crippen LogP contribution in [0.5, 0.6) is 0 Å². The van der Waals surface area contributed by atoms with E-state index in [-0.39, 0.29) is 17.5 Å². The van der Waals surface area contributed by atoms with Crippen molar-refractivity contribution in [2.45, 2.75) is 32.4 Å². The van der Waals surface area contributed by atoms with Gasteiger partial charge in [0, 0.05) is 31.7 Å². The minimum Gasteiger partial charge on any atom is -0.370 e. The Balaban J connectivity index is 1.88. The second-order valence-corrected chi connectivity index (χ2v) is 5.93. The summed E-state index contributed by atoms with van der Waals surface area (Å²) in [6.07, 6.45) is 3.52. The maximum atomic E-state index is 11.8. The van der Waals surface area contributed by atoms with Crippen molar-refractivity contribution in [3.05, 3.63) is 22.6 Å². The summed E-state index contributed by atoms with van der Waals surface area (Å²) >= 11 is 0. The number of anilines is 1. The van der Waals surface area contributed by atoms with Crippen molar-refractivity contribution in [1.82, 2.24) is 20.0 Å². The van der Waals surface area contributed by atoms with Crippen molar-refractivity contribution in [3.8, 4) is 0 Å². The SMILES string of the molecule is CCn1ncc(N2CCC(NC(=O)CN(C)C)CC2)cc1=O. The van der Waals surface area contributed by atoms with Gasteiger partial charge >= 0.3 is 0 Å². The highest BCUT2D eigenvalue weighted by molar-refractivity contribution is 5.78. The lowest BCUT2D eigenvalue weighted by Gasteiger charge is -2.33. The van der Waals surface area contributed by atoms with Crippen molar-refractivity contribution in [1.29, 1.82) is 0 Å². The first-order valence-corrected chi connectivity index (χ1v) is 7.75. The second kappa shape index (κ2) is 7.40. The topological polar surface area (TPSA) is 70.5 Å². The summed E-state index contributed by atoms with van der Waals surface area (Å²) in [5.41, 5.74) is 0.800. The van der Waals surface area contributed by atoms with Gasteiger partial charge in [-0.05, 0) is 33.9 Å². The van der Waals surface area contributed by atoms with Crippen LogP contribution < -0.4 is 15.8 Å². The van der Waals surface area contributed by atoms with Gasteiger partial charge in [0.05, 0.1) is 18.4 Å². The summed E-state index contributed by atoms with van der Waals surface area (Å²) in [6, 6.07) is 1.86. The molecule has 1 N–H and O–H groups in total. The van der Waals surface area contributed by atoms with Gasteiger partial charge in [-0.2, -0.15) is 5.10 Å². The lowest BCUT2D eigenvalue weighted by molar-refractivity contribution is -0.122. The van der Waals surface area contributed by atoms with Gasteiger partial charge in [-0.3, -0.25) is 9.59 Å². The molecule has 0 aromatic carbocycles. The monoisotopic (exact) mass is 307 g/mol. The molecular formula is C15H25N5O2. The average molecular weight is 307 g/mol. The van der Waals surface area contributed by atoms with Gasteiger partial charge in [0.2, 0.25) is 5.91 Å². The van der Waals surface area contributed by atoms with Gasteiger partial charge in [-0.25, -0.2) is 4.68 Å². The molecule has 1 saturated heterocycles. The van der Waals surface area contributed by atoms with Crippen LogP contribution in [0, 0.1) is 0 Å². The van der Waals surface area contributed by atoms with E-state index >= 15 is 0 Å². The molecule has 22 heavy (non-hydrogen) atoms. The third-order valence-corrected chi connectivity index (χ3v) is 3.84. The molecule has 1 fully saturated rings. The Bertz CT molecular complexity index is 561. The molecular weight excluding hydrogens is 282 g/mol. The summed E-state index contributed by atoms with van der Waals surface area (Å²) in [7, 11) is 3.77. The fourth-order valence-corrected chi connectivity index (χ4v) is 2.68. The molecule has 2 heterocycles. The number of hydrogen-bond donors (Lipinski definition) is 1. The molecule has 0 unspecified atom stereocenters. The highest BCUT2D eigenvalue weighted by Gasteiger charge is 2.21. The standard InChI is InChI=1S/C15H25N5O2/c1-4-20-15(22)9-13(10-16-20)19-7-5-12(6-8-19)17-14(21)11-18(2)3/h9-10,12H,4-8,11H2,1-3H3,(H,17,21). The van der Waals surface area contributed by atoms with Gasteiger partial charge in [-0.15, -0.1) is 0 Å². The predicted molar refractivity (Wildman–Crippen MR) is 86.1 cm³/mol. The molecule has 0 radical (unpaired) electrons. The minimum atomic E-state index is -0.0681. The zero-order chi connectivity index (χ0) is 16.1. The highest BCUT2D eigenvalue weighted by Crippen LogP contribution is 2.17. The van der Waals surface area contributed by atoms with Crippen LogP contribution in [0.4, 0.5) is 5.69 Å². The van der Waals surface area contributed by atoms with E-state index in [4.69, 9.17) is 0 Å². The summed E-state index contributed by atoms with van der Waals surface area (Å²) < 4.78 is 1.44. The molecule has 1 amide bonds. The van der Waals surface area contributed by atoms with Crippen LogP contribution in [0.2, 0.25) is 0 Å². The molecule has 1 aliphatic heterocycles. The van der Waals surface area contributed by atoms with Crippen LogP contribution in [0.3, 0.4) is 0 Å². The van der Waals surface area contributed by atoms with E-state index < -0.39 is 0 Å². The molecule has 7 nitrogen and oxygen atoms in total. The Kier molecular flexibility index (Phi) is 5.54. The maximum Gasteiger partial charge on any atom is 0.268 e. The van der Waals surface area contributed by atoms with Crippen LogP contribution in [-0.2, 0) is 11.3 Å². The lowest BCUT2D eigenvalue weighted by atomic mass is 10.0. The van der Waals surface area contributed by atoms with Crippen molar-refractivity contribution in [2.75, 3.05) is 38.6 Å². The van der Waals surface area contributed by atoms with Crippen LogP contribution in [0.1, 0.15) is 19.8 Å². The second-order valence-electron chi connectivity index (χ2n) is 5.93. The zero-order valence-electron chi connectivity index (χ0n) is 13.6. The normalized spacial score (nSPS) is 16.1. The number of nitrogens with one attached hydrogen (secondary N) is 1. The quantitative estimate of drug-likeness (QED) is 0.823. The van der Waals surface area contributed by atoms with E-state index in [2.05, 4.69) is 15.3 Å².